The van der Waals surface area contributed by atoms with Gasteiger partial charge in [-0.05, 0) is 39.3 Å². The summed E-state index contributed by atoms with van der Waals surface area (Å²) in [7, 11) is -3.07. The summed E-state index contributed by atoms with van der Waals surface area (Å²) in [5, 5.41) is 3.29. The highest BCUT2D eigenvalue weighted by molar-refractivity contribution is 14.0. The molecule has 0 radical (unpaired) electrons. The predicted molar refractivity (Wildman–Crippen MR) is 122 cm³/mol. The van der Waals surface area contributed by atoms with E-state index in [2.05, 4.69) is 12.2 Å². The zero-order valence-electron chi connectivity index (χ0n) is 16.6. The Morgan fingerprint density at radius 1 is 1.30 bits per heavy atom. The van der Waals surface area contributed by atoms with Crippen molar-refractivity contribution in [1.82, 2.24) is 10.2 Å². The van der Waals surface area contributed by atoms with Gasteiger partial charge in [0.05, 0.1) is 17.0 Å². The van der Waals surface area contributed by atoms with Crippen molar-refractivity contribution in [2.24, 2.45) is 4.99 Å². The highest BCUT2D eigenvalue weighted by Crippen LogP contribution is 2.23. The fraction of sp³-hybridized carbons (Fsp3) is 0.632. The molecule has 6 nitrogen and oxygen atoms in total. The minimum Gasteiger partial charge on any atom is -0.489 e. The molecule has 0 saturated carbocycles. The standard InChI is InChI=1S/C19H31N3O3S.HI/c1-5-16(25-17-10-8-7-9-11-17)14-21-18(20-6-2)22-12-13-26(23,24)19(3,4)15-22;/h7-11,16H,5-6,12-15H2,1-4H3,(H,20,21);1H. The summed E-state index contributed by atoms with van der Waals surface area (Å²) >= 11 is 0. The summed E-state index contributed by atoms with van der Waals surface area (Å²) in [6.07, 6.45) is 0.824. The Hall–Kier alpha value is -1.03. The van der Waals surface area contributed by atoms with Gasteiger partial charge in [-0.25, -0.2) is 13.4 Å². The molecule has 8 heteroatoms. The maximum Gasteiger partial charge on any atom is 0.194 e. The van der Waals surface area contributed by atoms with Gasteiger partial charge in [0, 0.05) is 19.6 Å². The fourth-order valence-electron chi connectivity index (χ4n) is 2.88. The van der Waals surface area contributed by atoms with Crippen LogP contribution in [0.3, 0.4) is 0 Å². The maximum absolute atomic E-state index is 12.2. The number of nitrogens with zero attached hydrogens (tertiary/aromatic N) is 2. The third kappa shape index (κ3) is 6.51. The van der Waals surface area contributed by atoms with Gasteiger partial charge >= 0.3 is 0 Å². The zero-order chi connectivity index (χ0) is 19.2. The Kier molecular flexibility index (Phi) is 9.33. The lowest BCUT2D eigenvalue weighted by Gasteiger charge is -2.39. The second-order valence-electron chi connectivity index (χ2n) is 7.16. The normalized spacial score (nSPS) is 19.7. The van der Waals surface area contributed by atoms with Crippen LogP contribution >= 0.6 is 24.0 Å². The molecule has 1 atom stereocenters. The monoisotopic (exact) mass is 509 g/mol. The molecule has 0 amide bonds. The first-order valence-corrected chi connectivity index (χ1v) is 10.9. The van der Waals surface area contributed by atoms with E-state index in [1.54, 1.807) is 13.8 Å². The van der Waals surface area contributed by atoms with Crippen molar-refractivity contribution >= 4 is 39.8 Å². The summed E-state index contributed by atoms with van der Waals surface area (Å²) in [4.78, 5) is 6.77. The van der Waals surface area contributed by atoms with Crippen molar-refractivity contribution in [2.75, 3.05) is 31.9 Å². The quantitative estimate of drug-likeness (QED) is 0.363. The highest BCUT2D eigenvalue weighted by Gasteiger charge is 2.41. The van der Waals surface area contributed by atoms with E-state index in [-0.39, 0.29) is 35.8 Å². The SMILES string of the molecule is CCNC(=NCC(CC)Oc1ccccc1)N1CCS(=O)(=O)C(C)(C)C1.I. The van der Waals surface area contributed by atoms with Crippen LogP contribution in [-0.4, -0.2) is 62.1 Å². The fourth-order valence-corrected chi connectivity index (χ4v) is 4.25. The van der Waals surface area contributed by atoms with Gasteiger partial charge in [-0.2, -0.15) is 0 Å². The number of halogens is 1. The van der Waals surface area contributed by atoms with Crippen molar-refractivity contribution in [3.8, 4) is 5.75 Å². The highest BCUT2D eigenvalue weighted by atomic mass is 127. The second-order valence-corrected chi connectivity index (χ2v) is 9.90. The van der Waals surface area contributed by atoms with E-state index < -0.39 is 14.6 Å². The number of hydrogen-bond acceptors (Lipinski definition) is 4. The van der Waals surface area contributed by atoms with Crippen LogP contribution in [0.1, 0.15) is 34.1 Å². The summed E-state index contributed by atoms with van der Waals surface area (Å²) < 4.78 is 29.7. The average molecular weight is 509 g/mol. The van der Waals surface area contributed by atoms with E-state index in [1.807, 2.05) is 42.2 Å². The van der Waals surface area contributed by atoms with Crippen LogP contribution in [-0.2, 0) is 9.84 Å². The third-order valence-corrected chi connectivity index (χ3v) is 7.16. The largest absolute Gasteiger partial charge is 0.489 e. The number of hydrogen-bond donors (Lipinski definition) is 1. The van der Waals surface area contributed by atoms with E-state index in [4.69, 9.17) is 9.73 Å². The molecule has 0 aromatic heterocycles. The van der Waals surface area contributed by atoms with Crippen molar-refractivity contribution in [2.45, 2.75) is 45.0 Å². The van der Waals surface area contributed by atoms with E-state index in [1.165, 1.54) is 0 Å². The number of para-hydroxylation sites is 1. The first-order valence-electron chi connectivity index (χ1n) is 9.26. The summed E-state index contributed by atoms with van der Waals surface area (Å²) in [5.41, 5.74) is 0. The van der Waals surface area contributed by atoms with Crippen LogP contribution in [0.15, 0.2) is 35.3 Å². The molecular formula is C19H32IN3O3S. The summed E-state index contributed by atoms with van der Waals surface area (Å²) in [6.45, 7) is 9.82. The van der Waals surface area contributed by atoms with Crippen molar-refractivity contribution in [3.63, 3.8) is 0 Å². The number of nitrogens with one attached hydrogen (secondary N) is 1. The molecule has 1 aliphatic heterocycles. The van der Waals surface area contributed by atoms with Gasteiger partial charge in [-0.3, -0.25) is 0 Å². The molecule has 154 valence electrons. The molecule has 27 heavy (non-hydrogen) atoms. The first-order chi connectivity index (χ1) is 12.3. The number of ether oxygens (including phenoxy) is 1. The average Bonchev–Trinajstić information content (AvgIpc) is 2.60. The van der Waals surface area contributed by atoms with Gasteiger partial charge in [0.15, 0.2) is 15.8 Å². The van der Waals surface area contributed by atoms with E-state index in [9.17, 15) is 8.42 Å². The number of guanidine groups is 1. The van der Waals surface area contributed by atoms with Crippen LogP contribution in [0, 0.1) is 0 Å². The Balaban J connectivity index is 0.00000364. The Labute approximate surface area is 180 Å². The lowest BCUT2D eigenvalue weighted by Crippen LogP contribution is -2.57. The molecular weight excluding hydrogens is 477 g/mol. The van der Waals surface area contributed by atoms with Crippen LogP contribution < -0.4 is 10.1 Å². The molecule has 1 fully saturated rings. The molecule has 1 saturated heterocycles. The van der Waals surface area contributed by atoms with Crippen molar-refractivity contribution in [3.05, 3.63) is 30.3 Å². The van der Waals surface area contributed by atoms with Gasteiger partial charge < -0.3 is 15.0 Å². The lowest BCUT2D eigenvalue weighted by molar-refractivity contribution is 0.205. The zero-order valence-corrected chi connectivity index (χ0v) is 19.8. The van der Waals surface area contributed by atoms with Crippen LogP contribution in [0.4, 0.5) is 0 Å². The summed E-state index contributed by atoms with van der Waals surface area (Å²) in [6, 6.07) is 9.74. The molecule has 0 bridgehead atoms. The van der Waals surface area contributed by atoms with Crippen LogP contribution in [0.5, 0.6) is 5.75 Å². The first kappa shape index (κ1) is 24.0. The Bertz CT molecular complexity index is 708. The van der Waals surface area contributed by atoms with Crippen molar-refractivity contribution in [1.29, 1.82) is 0 Å². The van der Waals surface area contributed by atoms with Gasteiger partial charge in [0.25, 0.3) is 0 Å². The van der Waals surface area contributed by atoms with E-state index >= 15 is 0 Å². The molecule has 0 spiro atoms. The molecule has 2 rings (SSSR count). The topological polar surface area (TPSA) is 71.0 Å². The maximum atomic E-state index is 12.2. The van der Waals surface area contributed by atoms with E-state index in [0.29, 0.717) is 19.6 Å². The number of benzene rings is 1. The van der Waals surface area contributed by atoms with Gasteiger partial charge in [-0.1, -0.05) is 25.1 Å². The van der Waals surface area contributed by atoms with Crippen molar-refractivity contribution < 1.29 is 13.2 Å². The molecule has 1 aromatic rings. The third-order valence-electron chi connectivity index (χ3n) is 4.62. The van der Waals surface area contributed by atoms with Crippen LogP contribution in [0.25, 0.3) is 0 Å². The predicted octanol–water partition coefficient (Wildman–Crippen LogP) is 2.94. The second kappa shape index (κ2) is 10.5. The Morgan fingerprint density at radius 2 is 1.96 bits per heavy atom. The number of aliphatic imine (C=N–C) groups is 1. The molecule has 1 unspecified atom stereocenters. The molecule has 1 N–H and O–H groups in total. The lowest BCUT2D eigenvalue weighted by atomic mass is 10.2. The molecule has 1 aliphatic rings. The minimum absolute atomic E-state index is 0. The number of sulfone groups is 1. The molecule has 0 aliphatic carbocycles. The Morgan fingerprint density at radius 3 is 2.52 bits per heavy atom. The van der Waals surface area contributed by atoms with Gasteiger partial charge in [0.1, 0.15) is 11.9 Å². The molecule has 1 aromatic carbocycles. The van der Waals surface area contributed by atoms with Gasteiger partial charge in [0.2, 0.25) is 0 Å². The summed E-state index contributed by atoms with van der Waals surface area (Å²) in [5.74, 6) is 1.75. The van der Waals surface area contributed by atoms with Gasteiger partial charge in [-0.15, -0.1) is 24.0 Å². The number of rotatable bonds is 6. The minimum atomic E-state index is -3.07. The smallest absolute Gasteiger partial charge is 0.194 e. The van der Waals surface area contributed by atoms with Crippen LogP contribution in [0.2, 0.25) is 0 Å². The van der Waals surface area contributed by atoms with E-state index in [0.717, 1.165) is 24.7 Å². The molecule has 1 heterocycles.